The first-order chi connectivity index (χ1) is 16.0. The molecule has 0 radical (unpaired) electrons. The van der Waals surface area contributed by atoms with Crippen molar-refractivity contribution < 1.29 is 22.7 Å². The first-order valence-corrected chi connectivity index (χ1v) is 16.1. The van der Waals surface area contributed by atoms with Crippen LogP contribution in [0.4, 0.5) is 0 Å². The minimum atomic E-state index is -3.16. The van der Waals surface area contributed by atoms with E-state index in [4.69, 9.17) is 13.6 Å². The highest BCUT2D eigenvalue weighted by atomic mass is 31.2. The molecule has 0 aliphatic carbocycles. The topological polar surface area (TPSA) is 100 Å². The number of hydrogen-bond acceptors (Lipinski definition) is 8. The molecular formula is C26H60N2O6P2. The molecule has 1 N–H and O–H groups in total. The molecule has 0 aromatic rings. The van der Waals surface area contributed by atoms with Crippen molar-refractivity contribution in [2.45, 2.75) is 140 Å². The quantitative estimate of drug-likeness (QED) is 0.210. The molecule has 0 bridgehead atoms. The first kappa shape index (κ1) is 40.6. The first-order valence-electron chi connectivity index (χ1n) is 13.2. The van der Waals surface area contributed by atoms with E-state index in [1.807, 2.05) is 111 Å². The van der Waals surface area contributed by atoms with Gasteiger partial charge in [0.15, 0.2) is 0 Å². The second-order valence-corrected chi connectivity index (χ2v) is 15.9. The highest BCUT2D eigenvalue weighted by molar-refractivity contribution is 7.54. The van der Waals surface area contributed by atoms with Gasteiger partial charge in [-0.15, -0.1) is 4.52 Å². The fourth-order valence-electron chi connectivity index (χ4n) is 3.04. The third kappa shape index (κ3) is 16.1. The van der Waals surface area contributed by atoms with Crippen LogP contribution in [0.25, 0.3) is 0 Å². The Morgan fingerprint density at radius 2 is 1.19 bits per heavy atom. The molecule has 0 aromatic heterocycles. The Hall–Kier alpha value is 0.0900. The highest BCUT2D eigenvalue weighted by Gasteiger charge is 2.47. The van der Waals surface area contributed by atoms with Crippen molar-refractivity contribution in [2.24, 2.45) is 10.8 Å². The zero-order chi connectivity index (χ0) is 29.8. The summed E-state index contributed by atoms with van der Waals surface area (Å²) in [6, 6.07) is 0. The summed E-state index contributed by atoms with van der Waals surface area (Å²) >= 11 is 0. The van der Waals surface area contributed by atoms with E-state index in [0.717, 1.165) is 5.06 Å². The van der Waals surface area contributed by atoms with E-state index in [0.29, 0.717) is 19.8 Å². The molecule has 0 amide bonds. The maximum Gasteiger partial charge on any atom is 0.527 e. The number of hydroxylamine groups is 2. The van der Waals surface area contributed by atoms with Crippen LogP contribution in [0.15, 0.2) is 0 Å². The molecule has 8 nitrogen and oxygen atoms in total. The van der Waals surface area contributed by atoms with Gasteiger partial charge in [-0.25, -0.2) is 0 Å². The molecule has 0 fully saturated rings. The lowest BCUT2D eigenvalue weighted by Crippen LogP contribution is -2.50. The molecule has 0 rings (SSSR count). The van der Waals surface area contributed by atoms with Crippen LogP contribution in [0.3, 0.4) is 0 Å². The average molecular weight is 559 g/mol. The van der Waals surface area contributed by atoms with E-state index in [1.54, 1.807) is 6.92 Å². The average Bonchev–Trinajstić information content (AvgIpc) is 2.65. The molecule has 0 saturated carbocycles. The molecule has 3 unspecified atom stereocenters. The Kier molecular flexibility index (Phi) is 19.1. The highest BCUT2D eigenvalue weighted by Crippen LogP contribution is 2.57. The SMILES string of the molecule is CC.CCOP(=O)(OCC)C(NC(C)(C)C)C(C)(C)C.CCO[P+](=O)C(N([O-])C(C)(C)C)C(C)(C)C. The number of nitrogens with zero attached hydrogens (tertiary/aromatic N) is 1. The van der Waals surface area contributed by atoms with Crippen molar-refractivity contribution in [1.29, 1.82) is 0 Å². The van der Waals surface area contributed by atoms with Gasteiger partial charge in [0.1, 0.15) is 5.78 Å². The van der Waals surface area contributed by atoms with Gasteiger partial charge in [-0.05, 0) is 72.3 Å². The van der Waals surface area contributed by atoms with Crippen LogP contribution in [0.1, 0.15) is 118 Å². The van der Waals surface area contributed by atoms with Crippen LogP contribution >= 0.6 is 15.6 Å². The monoisotopic (exact) mass is 558 g/mol. The van der Waals surface area contributed by atoms with E-state index in [9.17, 15) is 14.3 Å². The van der Waals surface area contributed by atoms with Gasteiger partial charge < -0.3 is 19.3 Å². The summed E-state index contributed by atoms with van der Waals surface area (Å²) in [5.74, 6) is -0.952. The van der Waals surface area contributed by atoms with Gasteiger partial charge in [-0.3, -0.25) is 9.88 Å². The standard InChI is InChI=1S/C13H30NO3P.C11H24NO3P.C2H6/c1-9-16-18(15,17-10-2)11(12(3,4)5)14-13(6,7)8;1-8-15-16(14)9(10(2,3)4)12(13)11(5,6)7;1-2/h11,14H,9-10H2,1-8H3;9H,8H2,1-7H3;1-2H3. The molecule has 10 heteroatoms. The van der Waals surface area contributed by atoms with E-state index >= 15 is 0 Å². The minimum absolute atomic E-state index is 0.151. The zero-order valence-electron chi connectivity index (χ0n) is 26.6. The van der Waals surface area contributed by atoms with Crippen molar-refractivity contribution in [1.82, 2.24) is 10.4 Å². The maximum absolute atomic E-state index is 12.9. The van der Waals surface area contributed by atoms with E-state index < -0.39 is 26.9 Å². The Morgan fingerprint density at radius 1 is 0.806 bits per heavy atom. The van der Waals surface area contributed by atoms with Crippen LogP contribution in [0.2, 0.25) is 0 Å². The van der Waals surface area contributed by atoms with Gasteiger partial charge in [-0.2, -0.15) is 0 Å². The smallest absolute Gasteiger partial charge is 0.527 e. The van der Waals surface area contributed by atoms with E-state index in [1.165, 1.54) is 0 Å². The second-order valence-electron chi connectivity index (χ2n) is 12.5. The molecule has 3 atom stereocenters. The Labute approximate surface area is 225 Å². The lowest BCUT2D eigenvalue weighted by molar-refractivity contribution is 0.110. The van der Waals surface area contributed by atoms with Gasteiger partial charge in [0, 0.05) is 16.5 Å². The summed E-state index contributed by atoms with van der Waals surface area (Å²) < 4.78 is 41.0. The van der Waals surface area contributed by atoms with Crippen molar-refractivity contribution in [3.8, 4) is 0 Å². The second kappa shape index (κ2) is 16.9. The van der Waals surface area contributed by atoms with Gasteiger partial charge in [0.25, 0.3) is 0 Å². The molecular weight excluding hydrogens is 498 g/mol. The Balaban J connectivity index is -0.000000569. The molecule has 0 aliphatic rings. The summed E-state index contributed by atoms with van der Waals surface area (Å²) in [4.78, 5) is 0. The van der Waals surface area contributed by atoms with E-state index in [2.05, 4.69) is 5.32 Å². The van der Waals surface area contributed by atoms with Gasteiger partial charge in [-0.1, -0.05) is 55.4 Å². The Morgan fingerprint density at radius 3 is 1.42 bits per heavy atom. The molecule has 0 aromatic carbocycles. The van der Waals surface area contributed by atoms with Crippen LogP contribution in [-0.2, 0) is 22.7 Å². The number of hydrogen-bond donors (Lipinski definition) is 1. The fraction of sp³-hybridized carbons (Fsp3) is 1.00. The summed E-state index contributed by atoms with van der Waals surface area (Å²) in [6.45, 7) is 34.0. The summed E-state index contributed by atoms with van der Waals surface area (Å²) in [6.07, 6.45) is 0. The number of nitrogens with one attached hydrogen (secondary N) is 1. The summed E-state index contributed by atoms with van der Waals surface area (Å²) in [5.41, 5.74) is -1.31. The summed E-state index contributed by atoms with van der Waals surface area (Å²) in [7, 11) is -5.13. The van der Waals surface area contributed by atoms with Gasteiger partial charge in [0.05, 0.1) is 19.8 Å². The minimum Gasteiger partial charge on any atom is -0.782 e. The van der Waals surface area contributed by atoms with Crippen molar-refractivity contribution >= 4 is 15.6 Å². The van der Waals surface area contributed by atoms with Crippen molar-refractivity contribution in [3.63, 3.8) is 0 Å². The molecule has 0 spiro atoms. The lowest BCUT2D eigenvalue weighted by atomic mass is 9.94. The van der Waals surface area contributed by atoms with Crippen molar-refractivity contribution in [3.05, 3.63) is 5.21 Å². The molecule has 36 heavy (non-hydrogen) atoms. The Bertz CT molecular complexity index is 637. The largest absolute Gasteiger partial charge is 0.782 e. The number of rotatable bonds is 10. The molecule has 0 aliphatic heterocycles. The lowest BCUT2D eigenvalue weighted by Gasteiger charge is -2.45. The zero-order valence-corrected chi connectivity index (χ0v) is 28.4. The predicted octanol–water partition coefficient (Wildman–Crippen LogP) is 8.77. The van der Waals surface area contributed by atoms with Crippen LogP contribution < -0.4 is 5.32 Å². The molecule has 220 valence electrons. The maximum atomic E-state index is 12.9. The van der Waals surface area contributed by atoms with E-state index in [-0.39, 0.29) is 22.2 Å². The predicted molar refractivity (Wildman–Crippen MR) is 156 cm³/mol. The third-order valence-corrected chi connectivity index (χ3v) is 9.11. The molecule has 0 saturated heterocycles. The summed E-state index contributed by atoms with van der Waals surface area (Å²) in [5, 5.41) is 16.5. The normalized spacial score (nSPS) is 15.4. The third-order valence-electron chi connectivity index (χ3n) is 4.44. The van der Waals surface area contributed by atoms with Crippen LogP contribution in [0.5, 0.6) is 0 Å². The van der Waals surface area contributed by atoms with Crippen molar-refractivity contribution in [2.75, 3.05) is 19.8 Å². The fourth-order valence-corrected chi connectivity index (χ4v) is 7.18. The van der Waals surface area contributed by atoms with Gasteiger partial charge in [0.2, 0.25) is 5.78 Å². The van der Waals surface area contributed by atoms with Gasteiger partial charge >= 0.3 is 15.6 Å². The van der Waals surface area contributed by atoms with Crippen LogP contribution in [-0.4, -0.2) is 47.5 Å². The van der Waals surface area contributed by atoms with Crippen LogP contribution in [0, 0.1) is 16.0 Å². The molecule has 0 heterocycles.